The third-order valence-corrected chi connectivity index (χ3v) is 2.75. The largest absolute Gasteiger partial charge is 0.369 e. The van der Waals surface area contributed by atoms with E-state index in [0.717, 1.165) is 6.08 Å². The number of aromatic amines is 1. The van der Waals surface area contributed by atoms with Gasteiger partial charge in [0.1, 0.15) is 11.3 Å². The molecular formula is C13H8N2O4. The van der Waals surface area contributed by atoms with E-state index in [-0.39, 0.29) is 17.0 Å². The Labute approximate surface area is 106 Å². The van der Waals surface area contributed by atoms with Crippen LogP contribution in [0, 0.1) is 0 Å². The molecule has 1 aliphatic carbocycles. The average molecular weight is 256 g/mol. The fraction of sp³-hybridized carbons (Fsp3) is 0. The minimum atomic E-state index is -0.839. The van der Waals surface area contributed by atoms with E-state index in [4.69, 9.17) is 0 Å². The van der Waals surface area contributed by atoms with Gasteiger partial charge in [0, 0.05) is 11.8 Å². The number of hydrogen-bond acceptors (Lipinski definition) is 5. The van der Waals surface area contributed by atoms with Crippen LogP contribution in [0.5, 0.6) is 0 Å². The van der Waals surface area contributed by atoms with Gasteiger partial charge in [0.2, 0.25) is 11.6 Å². The zero-order chi connectivity index (χ0) is 13.4. The maximum absolute atomic E-state index is 12.1. The van der Waals surface area contributed by atoms with E-state index < -0.39 is 17.2 Å². The van der Waals surface area contributed by atoms with E-state index in [9.17, 15) is 14.4 Å². The lowest BCUT2D eigenvalue weighted by atomic mass is 9.99. The Morgan fingerprint density at radius 3 is 2.53 bits per heavy atom. The number of fused-ring (bicyclic) bond motifs is 1. The summed E-state index contributed by atoms with van der Waals surface area (Å²) in [4.78, 5) is 35.2. The highest BCUT2D eigenvalue weighted by molar-refractivity contribution is 6.24. The summed E-state index contributed by atoms with van der Waals surface area (Å²) < 4.78 is 4.47. The predicted molar refractivity (Wildman–Crippen MR) is 66.1 cm³/mol. The average Bonchev–Trinajstić information content (AvgIpc) is 2.80. The summed E-state index contributed by atoms with van der Waals surface area (Å²) in [5.41, 5.74) is -0.498. The van der Waals surface area contributed by atoms with Crippen LogP contribution < -0.4 is 10.9 Å². The van der Waals surface area contributed by atoms with E-state index in [1.807, 2.05) is 6.07 Å². The summed E-state index contributed by atoms with van der Waals surface area (Å²) >= 11 is 0. The second-order valence-electron chi connectivity index (χ2n) is 3.98. The molecule has 0 atom stereocenters. The molecule has 0 amide bonds. The highest BCUT2D eigenvalue weighted by Crippen LogP contribution is 2.19. The van der Waals surface area contributed by atoms with E-state index in [0.29, 0.717) is 5.69 Å². The number of benzene rings is 1. The van der Waals surface area contributed by atoms with E-state index in [2.05, 4.69) is 15.0 Å². The van der Waals surface area contributed by atoms with Crippen LogP contribution in [0.15, 0.2) is 51.4 Å². The van der Waals surface area contributed by atoms with Crippen molar-refractivity contribution in [3.8, 4) is 0 Å². The first kappa shape index (κ1) is 11.2. The van der Waals surface area contributed by atoms with Crippen molar-refractivity contribution in [3.05, 3.63) is 63.8 Å². The first-order valence-corrected chi connectivity index (χ1v) is 5.51. The summed E-state index contributed by atoms with van der Waals surface area (Å²) in [5, 5.41) is 4.98. The normalized spacial score (nSPS) is 14.0. The number of Topliss-reactive ketones (excluding diaryl/α,β-unsaturated/α-hetero) is 1. The van der Waals surface area contributed by atoms with Crippen LogP contribution in [0.1, 0.15) is 20.8 Å². The summed E-state index contributed by atoms with van der Waals surface area (Å²) in [6, 6.07) is 8.88. The number of carbonyl (C=O) groups excluding carboxylic acids is 2. The van der Waals surface area contributed by atoms with Gasteiger partial charge in [-0.25, -0.2) is 9.95 Å². The molecule has 0 aliphatic heterocycles. The maximum atomic E-state index is 12.1. The molecule has 0 bridgehead atoms. The smallest absolute Gasteiger partial charge is 0.352 e. The van der Waals surface area contributed by atoms with Gasteiger partial charge in [0.15, 0.2) is 0 Å². The molecule has 6 heteroatoms. The monoisotopic (exact) mass is 256 g/mol. The molecule has 0 fully saturated rings. The molecule has 3 rings (SSSR count). The molecule has 0 saturated carbocycles. The van der Waals surface area contributed by atoms with Crippen LogP contribution >= 0.6 is 0 Å². The Hall–Kier alpha value is -2.89. The van der Waals surface area contributed by atoms with Gasteiger partial charge >= 0.3 is 5.63 Å². The van der Waals surface area contributed by atoms with Crippen molar-refractivity contribution >= 4 is 17.3 Å². The fourth-order valence-corrected chi connectivity index (χ4v) is 1.85. The number of rotatable bonds is 2. The number of aromatic nitrogens is 1. The number of carbonyl (C=O) groups is 2. The number of para-hydroxylation sites is 1. The first-order chi connectivity index (χ1) is 9.16. The van der Waals surface area contributed by atoms with Crippen molar-refractivity contribution in [1.29, 1.82) is 0 Å². The van der Waals surface area contributed by atoms with Gasteiger partial charge in [-0.2, -0.15) is 0 Å². The van der Waals surface area contributed by atoms with Crippen molar-refractivity contribution in [2.24, 2.45) is 0 Å². The Bertz CT molecular complexity index is 752. The van der Waals surface area contributed by atoms with Gasteiger partial charge < -0.3 is 9.84 Å². The summed E-state index contributed by atoms with van der Waals surface area (Å²) in [7, 11) is 0. The Morgan fingerprint density at radius 2 is 1.79 bits per heavy atom. The van der Waals surface area contributed by atoms with Gasteiger partial charge in [-0.05, 0) is 12.1 Å². The Balaban J connectivity index is 2.01. The molecule has 6 nitrogen and oxygen atoms in total. The maximum Gasteiger partial charge on any atom is 0.369 e. The van der Waals surface area contributed by atoms with Crippen molar-refractivity contribution in [2.75, 3.05) is 5.32 Å². The van der Waals surface area contributed by atoms with Crippen LogP contribution in [0.4, 0.5) is 5.69 Å². The summed E-state index contributed by atoms with van der Waals surface area (Å²) in [6.07, 6.45) is 1.14. The second kappa shape index (κ2) is 4.09. The van der Waals surface area contributed by atoms with E-state index >= 15 is 0 Å². The molecular weight excluding hydrogens is 248 g/mol. The second-order valence-corrected chi connectivity index (χ2v) is 3.98. The molecule has 1 aromatic heterocycles. The third kappa shape index (κ3) is 1.79. The molecule has 2 N–H and O–H groups in total. The van der Waals surface area contributed by atoms with Crippen LogP contribution in [0.2, 0.25) is 0 Å². The molecule has 0 spiro atoms. The minimum absolute atomic E-state index is 0.0515. The number of allylic oxidation sites excluding steroid dienone is 2. The SMILES string of the molecule is O=C1C=C(Nc2ccccc2)C(=O)c2c1[nH]oc2=O. The van der Waals surface area contributed by atoms with Crippen LogP contribution in [0.25, 0.3) is 0 Å². The first-order valence-electron chi connectivity index (χ1n) is 5.51. The quantitative estimate of drug-likeness (QED) is 0.845. The molecule has 0 unspecified atom stereocenters. The standard InChI is InChI=1S/C13H8N2O4/c16-9-6-8(14-7-4-2-1-3-5-7)12(17)10-11(9)15-19-13(10)18/h1-6,14-15H. The van der Waals surface area contributed by atoms with Crippen LogP contribution in [-0.4, -0.2) is 16.7 Å². The van der Waals surface area contributed by atoms with Gasteiger partial charge in [-0.1, -0.05) is 18.2 Å². The lowest BCUT2D eigenvalue weighted by Crippen LogP contribution is -2.25. The summed E-state index contributed by atoms with van der Waals surface area (Å²) in [6.45, 7) is 0. The zero-order valence-electron chi connectivity index (χ0n) is 9.60. The van der Waals surface area contributed by atoms with Crippen molar-refractivity contribution in [1.82, 2.24) is 5.16 Å². The minimum Gasteiger partial charge on any atom is -0.352 e. The highest BCUT2D eigenvalue weighted by Gasteiger charge is 2.31. The molecule has 2 aromatic rings. The van der Waals surface area contributed by atoms with Gasteiger partial charge in [-0.3, -0.25) is 9.59 Å². The number of ketones is 2. The van der Waals surface area contributed by atoms with E-state index in [1.165, 1.54) is 0 Å². The van der Waals surface area contributed by atoms with Gasteiger partial charge in [0.05, 0.1) is 5.70 Å². The number of hydrogen-bond donors (Lipinski definition) is 2. The Kier molecular flexibility index (Phi) is 2.42. The molecule has 1 aromatic carbocycles. The van der Waals surface area contributed by atoms with Gasteiger partial charge in [-0.15, -0.1) is 0 Å². The summed E-state index contributed by atoms with van der Waals surface area (Å²) in [5.74, 6) is -1.03. The molecule has 0 radical (unpaired) electrons. The fourth-order valence-electron chi connectivity index (χ4n) is 1.85. The molecule has 19 heavy (non-hydrogen) atoms. The molecule has 1 aliphatic rings. The third-order valence-electron chi connectivity index (χ3n) is 2.75. The predicted octanol–water partition coefficient (Wildman–Crippen LogP) is 1.34. The molecule has 1 heterocycles. The molecule has 0 saturated heterocycles. The number of nitrogens with one attached hydrogen (secondary N) is 2. The van der Waals surface area contributed by atoms with Gasteiger partial charge in [0.25, 0.3) is 0 Å². The van der Waals surface area contributed by atoms with Crippen molar-refractivity contribution in [3.63, 3.8) is 0 Å². The lowest BCUT2D eigenvalue weighted by Gasteiger charge is -2.12. The van der Waals surface area contributed by atoms with E-state index in [1.54, 1.807) is 24.3 Å². The Morgan fingerprint density at radius 1 is 1.05 bits per heavy atom. The highest BCUT2D eigenvalue weighted by atomic mass is 16.5. The van der Waals surface area contributed by atoms with Crippen LogP contribution in [-0.2, 0) is 0 Å². The van der Waals surface area contributed by atoms with Crippen molar-refractivity contribution in [2.45, 2.75) is 0 Å². The van der Waals surface area contributed by atoms with Crippen LogP contribution in [0.3, 0.4) is 0 Å². The lowest BCUT2D eigenvalue weighted by molar-refractivity contribution is 0.0982. The van der Waals surface area contributed by atoms with Crippen molar-refractivity contribution < 1.29 is 14.1 Å². The zero-order valence-corrected chi connectivity index (χ0v) is 9.60. The number of H-pyrrole nitrogens is 1. The number of anilines is 1. The molecule has 94 valence electrons. The topological polar surface area (TPSA) is 92.2 Å².